The second-order valence-electron chi connectivity index (χ2n) is 6.97. The molecular weight excluding hydrogens is 356 g/mol. The van der Waals surface area contributed by atoms with E-state index < -0.39 is 6.09 Å². The minimum absolute atomic E-state index is 0.197. The topological polar surface area (TPSA) is 105 Å². The molecule has 8 heteroatoms. The van der Waals surface area contributed by atoms with Crippen LogP contribution in [0.3, 0.4) is 0 Å². The molecule has 3 aromatic rings. The van der Waals surface area contributed by atoms with Gasteiger partial charge in [-0.05, 0) is 48.6 Å². The van der Waals surface area contributed by atoms with Crippen LogP contribution in [-0.4, -0.2) is 30.9 Å². The molecule has 1 aliphatic carbocycles. The highest BCUT2D eigenvalue weighted by Crippen LogP contribution is 2.31. The molecule has 0 bridgehead atoms. The first-order chi connectivity index (χ1) is 13.6. The molecule has 3 aromatic heterocycles. The average Bonchev–Trinajstić information content (AvgIpc) is 2.98. The summed E-state index contributed by atoms with van der Waals surface area (Å²) in [7, 11) is 1.86. The number of nitrogens with one attached hydrogen (secondary N) is 2. The summed E-state index contributed by atoms with van der Waals surface area (Å²) in [5.41, 5.74) is 4.80. The molecule has 28 heavy (non-hydrogen) atoms. The first-order valence-electron chi connectivity index (χ1n) is 9.29. The Balaban J connectivity index is 1.62. The number of hydrogen-bond donors (Lipinski definition) is 3. The summed E-state index contributed by atoms with van der Waals surface area (Å²) in [4.78, 5) is 20.1. The smallest absolute Gasteiger partial charge is 0.405 e. The first-order valence-corrected chi connectivity index (χ1v) is 9.29. The Hall–Kier alpha value is -3.42. The lowest BCUT2D eigenvalue weighted by Gasteiger charge is -2.18. The summed E-state index contributed by atoms with van der Waals surface area (Å²) >= 11 is 0. The lowest BCUT2D eigenvalue weighted by atomic mass is 9.99. The normalized spacial score (nSPS) is 16.1. The van der Waals surface area contributed by atoms with E-state index in [-0.39, 0.29) is 6.04 Å². The molecular formula is C20H22N6O2. The van der Waals surface area contributed by atoms with E-state index in [4.69, 9.17) is 5.11 Å². The van der Waals surface area contributed by atoms with Crippen molar-refractivity contribution in [3.8, 4) is 11.3 Å². The van der Waals surface area contributed by atoms with Crippen LogP contribution in [0.4, 0.5) is 16.3 Å². The molecule has 0 saturated heterocycles. The molecule has 1 aliphatic rings. The van der Waals surface area contributed by atoms with Gasteiger partial charge in [-0.3, -0.25) is 9.67 Å². The molecule has 0 saturated carbocycles. The number of carbonyl (C=O) groups is 1. The number of aryl methyl sites for hydroxylation is 2. The molecule has 0 aliphatic heterocycles. The lowest BCUT2D eigenvalue weighted by molar-refractivity contribution is 0.189. The largest absolute Gasteiger partial charge is 0.465 e. The molecule has 0 aromatic carbocycles. The van der Waals surface area contributed by atoms with Crippen molar-refractivity contribution in [2.45, 2.75) is 31.7 Å². The van der Waals surface area contributed by atoms with Crippen LogP contribution < -0.4 is 10.6 Å². The number of carboxylic acid groups (broad SMARTS) is 1. The van der Waals surface area contributed by atoms with Gasteiger partial charge >= 0.3 is 6.09 Å². The highest BCUT2D eigenvalue weighted by atomic mass is 16.4. The number of anilines is 2. The van der Waals surface area contributed by atoms with Crippen molar-refractivity contribution in [2.75, 3.05) is 5.32 Å². The molecule has 3 heterocycles. The summed E-state index contributed by atoms with van der Waals surface area (Å²) < 4.78 is 1.72. The SMILES string of the molecule is Cn1cc(Nc2cc(-c3cc4c(cn3)C(NC(=O)O)CCCC4)ccn2)cn1. The quantitative estimate of drug-likeness (QED) is 0.599. The third-order valence-electron chi connectivity index (χ3n) is 4.92. The first kappa shape index (κ1) is 18.0. The average molecular weight is 378 g/mol. The maximum Gasteiger partial charge on any atom is 0.405 e. The number of rotatable bonds is 4. The standard InChI is InChI=1S/C20H22N6O2/c1-26-12-15(10-23-26)24-19-9-14(6-7-21-19)18-8-13-4-2-3-5-17(25-20(27)28)16(13)11-22-18/h6-12,17,25H,2-5H2,1H3,(H,21,24)(H,27,28). The van der Waals surface area contributed by atoms with Gasteiger partial charge in [0.05, 0.1) is 23.6 Å². The Kier molecular flexibility index (Phi) is 4.92. The molecule has 0 fully saturated rings. The molecule has 8 nitrogen and oxygen atoms in total. The third-order valence-corrected chi connectivity index (χ3v) is 4.92. The molecule has 144 valence electrons. The number of fused-ring (bicyclic) bond motifs is 1. The van der Waals surface area contributed by atoms with Gasteiger partial charge in [-0.2, -0.15) is 5.10 Å². The minimum Gasteiger partial charge on any atom is -0.465 e. The molecule has 0 radical (unpaired) electrons. The maximum absolute atomic E-state index is 11.1. The summed E-state index contributed by atoms with van der Waals surface area (Å²) in [5, 5.41) is 19.1. The van der Waals surface area contributed by atoms with Crippen LogP contribution in [0.5, 0.6) is 0 Å². The van der Waals surface area contributed by atoms with E-state index in [0.29, 0.717) is 5.82 Å². The van der Waals surface area contributed by atoms with Crippen molar-refractivity contribution in [1.29, 1.82) is 0 Å². The molecule has 3 N–H and O–H groups in total. The Morgan fingerprint density at radius 1 is 1.25 bits per heavy atom. The zero-order chi connectivity index (χ0) is 19.5. The van der Waals surface area contributed by atoms with E-state index in [1.54, 1.807) is 17.1 Å². The van der Waals surface area contributed by atoms with Crippen molar-refractivity contribution >= 4 is 17.6 Å². The van der Waals surface area contributed by atoms with Crippen molar-refractivity contribution in [1.82, 2.24) is 25.1 Å². The van der Waals surface area contributed by atoms with Crippen LogP contribution in [0, 0.1) is 0 Å². The van der Waals surface area contributed by atoms with Crippen LogP contribution in [0.2, 0.25) is 0 Å². The number of hydrogen-bond acceptors (Lipinski definition) is 5. The molecule has 4 rings (SSSR count). The summed E-state index contributed by atoms with van der Waals surface area (Å²) in [6, 6.07) is 5.75. The van der Waals surface area contributed by atoms with Crippen LogP contribution in [0.25, 0.3) is 11.3 Å². The fourth-order valence-corrected chi connectivity index (χ4v) is 3.61. The summed E-state index contributed by atoms with van der Waals surface area (Å²) in [6.07, 6.45) is 9.93. The van der Waals surface area contributed by atoms with Crippen LogP contribution >= 0.6 is 0 Å². The fraction of sp³-hybridized carbons (Fsp3) is 0.300. The van der Waals surface area contributed by atoms with Gasteiger partial charge in [0.25, 0.3) is 0 Å². The highest BCUT2D eigenvalue weighted by molar-refractivity contribution is 5.67. The second kappa shape index (κ2) is 7.67. The minimum atomic E-state index is -0.998. The summed E-state index contributed by atoms with van der Waals surface area (Å²) in [5.74, 6) is 0.715. The predicted molar refractivity (Wildman–Crippen MR) is 105 cm³/mol. The van der Waals surface area contributed by atoms with E-state index in [1.165, 1.54) is 0 Å². The van der Waals surface area contributed by atoms with Crippen molar-refractivity contribution in [2.24, 2.45) is 7.05 Å². The van der Waals surface area contributed by atoms with E-state index >= 15 is 0 Å². The number of pyridine rings is 2. The van der Waals surface area contributed by atoms with Gasteiger partial charge in [0.1, 0.15) is 5.82 Å². The molecule has 1 atom stereocenters. The molecule has 0 spiro atoms. The fourth-order valence-electron chi connectivity index (χ4n) is 3.61. The Morgan fingerprint density at radius 3 is 2.93 bits per heavy atom. The zero-order valence-corrected chi connectivity index (χ0v) is 15.6. The van der Waals surface area contributed by atoms with Gasteiger partial charge in [0.15, 0.2) is 0 Å². The van der Waals surface area contributed by atoms with Crippen molar-refractivity contribution in [3.63, 3.8) is 0 Å². The van der Waals surface area contributed by atoms with Gasteiger partial charge in [0, 0.05) is 31.2 Å². The zero-order valence-electron chi connectivity index (χ0n) is 15.6. The van der Waals surface area contributed by atoms with Crippen LogP contribution in [-0.2, 0) is 13.5 Å². The predicted octanol–water partition coefficient (Wildman–Crippen LogP) is 3.66. The van der Waals surface area contributed by atoms with Gasteiger partial charge in [-0.1, -0.05) is 6.42 Å². The number of aromatic nitrogens is 4. The van der Waals surface area contributed by atoms with E-state index in [9.17, 15) is 4.79 Å². The van der Waals surface area contributed by atoms with Crippen LogP contribution in [0.1, 0.15) is 36.4 Å². The summed E-state index contributed by atoms with van der Waals surface area (Å²) in [6.45, 7) is 0. The van der Waals surface area contributed by atoms with Gasteiger partial charge < -0.3 is 15.7 Å². The maximum atomic E-state index is 11.1. The van der Waals surface area contributed by atoms with E-state index in [1.807, 2.05) is 31.6 Å². The van der Waals surface area contributed by atoms with Crippen molar-refractivity contribution in [3.05, 3.63) is 54.1 Å². The van der Waals surface area contributed by atoms with E-state index in [0.717, 1.165) is 53.8 Å². The second-order valence-corrected chi connectivity index (χ2v) is 6.97. The number of nitrogens with zero attached hydrogens (tertiary/aromatic N) is 4. The molecule has 1 unspecified atom stereocenters. The van der Waals surface area contributed by atoms with E-state index in [2.05, 4.69) is 31.8 Å². The van der Waals surface area contributed by atoms with Gasteiger partial charge in [-0.25, -0.2) is 9.78 Å². The Labute approximate surface area is 162 Å². The Morgan fingerprint density at radius 2 is 2.14 bits per heavy atom. The molecule has 1 amide bonds. The lowest BCUT2D eigenvalue weighted by Crippen LogP contribution is -2.27. The van der Waals surface area contributed by atoms with Gasteiger partial charge in [-0.15, -0.1) is 0 Å². The van der Waals surface area contributed by atoms with Gasteiger partial charge in [0.2, 0.25) is 0 Å². The van der Waals surface area contributed by atoms with Crippen LogP contribution in [0.15, 0.2) is 43.0 Å². The third kappa shape index (κ3) is 3.95. The monoisotopic (exact) mass is 378 g/mol. The highest BCUT2D eigenvalue weighted by Gasteiger charge is 2.21. The van der Waals surface area contributed by atoms with Crippen molar-refractivity contribution < 1.29 is 9.90 Å². The Bertz CT molecular complexity index is 1000. The number of amides is 1.